The van der Waals surface area contributed by atoms with E-state index in [2.05, 4.69) is 0 Å². The summed E-state index contributed by atoms with van der Waals surface area (Å²) in [6.45, 7) is 0.391. The largest absolute Gasteiger partial charge is 0.396 e. The van der Waals surface area contributed by atoms with Crippen LogP contribution >= 0.6 is 0 Å². The third kappa shape index (κ3) is 1.38. The summed E-state index contributed by atoms with van der Waals surface area (Å²) in [6, 6.07) is 0.482. The molecule has 0 radical (unpaired) electrons. The lowest BCUT2D eigenvalue weighted by Crippen LogP contribution is -2.48. The lowest BCUT2D eigenvalue weighted by atomic mass is 9.57. The molecule has 0 aromatic carbocycles. The van der Waals surface area contributed by atoms with Crippen LogP contribution in [0.15, 0.2) is 0 Å². The highest BCUT2D eigenvalue weighted by Gasteiger charge is 2.44. The molecule has 2 nitrogen and oxygen atoms in total. The fraction of sp³-hybridized carbons (Fsp3) is 1.00. The Labute approximate surface area is 74.1 Å². The van der Waals surface area contributed by atoms with Crippen LogP contribution < -0.4 is 5.73 Å². The lowest BCUT2D eigenvalue weighted by Gasteiger charge is -2.50. The molecule has 2 aliphatic rings. The highest BCUT2D eigenvalue weighted by atomic mass is 16.3. The molecule has 0 saturated heterocycles. The van der Waals surface area contributed by atoms with Crippen LogP contribution in [0.5, 0.6) is 0 Å². The Bertz CT molecular complexity index is 153. The van der Waals surface area contributed by atoms with Gasteiger partial charge in [-0.05, 0) is 49.9 Å². The maximum absolute atomic E-state index is 8.98. The molecule has 3 N–H and O–H groups in total. The van der Waals surface area contributed by atoms with E-state index in [1.54, 1.807) is 0 Å². The quantitative estimate of drug-likeness (QED) is 0.621. The monoisotopic (exact) mass is 169 g/mol. The molecule has 0 aliphatic heterocycles. The topological polar surface area (TPSA) is 46.2 Å². The number of rotatable bonds is 1. The minimum atomic E-state index is 0.391. The first-order valence-corrected chi connectivity index (χ1v) is 5.11. The van der Waals surface area contributed by atoms with Gasteiger partial charge in [0.1, 0.15) is 0 Å². The number of nitrogens with two attached hydrogens (primary N) is 1. The van der Waals surface area contributed by atoms with Crippen molar-refractivity contribution in [3.05, 3.63) is 0 Å². The third-order valence-corrected chi connectivity index (χ3v) is 3.81. The minimum Gasteiger partial charge on any atom is -0.396 e. The fourth-order valence-electron chi connectivity index (χ4n) is 2.93. The van der Waals surface area contributed by atoms with Gasteiger partial charge in [0.2, 0.25) is 0 Å². The number of aliphatic hydroxyl groups is 1. The summed E-state index contributed by atoms with van der Waals surface area (Å²) in [7, 11) is 0. The minimum absolute atomic E-state index is 0.391. The van der Waals surface area contributed by atoms with E-state index in [9.17, 15) is 0 Å². The summed E-state index contributed by atoms with van der Waals surface area (Å²) in [6.07, 6.45) is 7.56. The molecule has 12 heavy (non-hydrogen) atoms. The van der Waals surface area contributed by atoms with Crippen LogP contribution in [0.1, 0.15) is 38.5 Å². The molecule has 0 atom stereocenters. The predicted octanol–water partition coefficient (Wildman–Crippen LogP) is 1.28. The van der Waals surface area contributed by atoms with Crippen molar-refractivity contribution in [1.29, 1.82) is 0 Å². The Morgan fingerprint density at radius 2 is 1.83 bits per heavy atom. The number of hydrogen-bond donors (Lipinski definition) is 2. The second kappa shape index (κ2) is 3.00. The van der Waals surface area contributed by atoms with Crippen molar-refractivity contribution in [3.63, 3.8) is 0 Å². The van der Waals surface area contributed by atoms with Crippen molar-refractivity contribution in [2.45, 2.75) is 44.6 Å². The SMILES string of the molecule is NC1CC2(CCC(CO)CC2)C1. The smallest absolute Gasteiger partial charge is 0.0459 e. The molecule has 2 heteroatoms. The van der Waals surface area contributed by atoms with Crippen molar-refractivity contribution >= 4 is 0 Å². The summed E-state index contributed by atoms with van der Waals surface area (Å²) in [4.78, 5) is 0. The van der Waals surface area contributed by atoms with Gasteiger partial charge < -0.3 is 10.8 Å². The van der Waals surface area contributed by atoms with Gasteiger partial charge in [-0.2, -0.15) is 0 Å². The number of hydrogen-bond acceptors (Lipinski definition) is 2. The van der Waals surface area contributed by atoms with Gasteiger partial charge in [0.25, 0.3) is 0 Å². The molecule has 0 heterocycles. The highest BCUT2D eigenvalue weighted by molar-refractivity contribution is 4.98. The van der Waals surface area contributed by atoms with Crippen molar-refractivity contribution in [1.82, 2.24) is 0 Å². The van der Waals surface area contributed by atoms with Gasteiger partial charge >= 0.3 is 0 Å². The fourth-order valence-corrected chi connectivity index (χ4v) is 2.93. The van der Waals surface area contributed by atoms with Crippen molar-refractivity contribution in [3.8, 4) is 0 Å². The Balaban J connectivity index is 1.83. The van der Waals surface area contributed by atoms with Crippen molar-refractivity contribution in [2.75, 3.05) is 6.61 Å². The molecule has 0 amide bonds. The van der Waals surface area contributed by atoms with Crippen molar-refractivity contribution in [2.24, 2.45) is 17.1 Å². The van der Waals surface area contributed by atoms with Crippen LogP contribution in [0.2, 0.25) is 0 Å². The molecule has 0 aromatic heterocycles. The Morgan fingerprint density at radius 3 is 2.25 bits per heavy atom. The Kier molecular flexibility index (Phi) is 2.13. The van der Waals surface area contributed by atoms with Crippen LogP contribution in [-0.2, 0) is 0 Å². The summed E-state index contributed by atoms with van der Waals surface area (Å²) >= 11 is 0. The molecular formula is C10H19NO. The van der Waals surface area contributed by atoms with Gasteiger partial charge in [0, 0.05) is 12.6 Å². The van der Waals surface area contributed by atoms with E-state index in [4.69, 9.17) is 10.8 Å². The molecule has 0 aromatic rings. The zero-order valence-electron chi connectivity index (χ0n) is 7.63. The first kappa shape index (κ1) is 8.52. The third-order valence-electron chi connectivity index (χ3n) is 3.81. The molecule has 2 saturated carbocycles. The van der Waals surface area contributed by atoms with Gasteiger partial charge in [0.15, 0.2) is 0 Å². The van der Waals surface area contributed by atoms with Gasteiger partial charge in [-0.3, -0.25) is 0 Å². The van der Waals surface area contributed by atoms with E-state index in [0.717, 1.165) is 0 Å². The van der Waals surface area contributed by atoms with Crippen LogP contribution in [0.3, 0.4) is 0 Å². The van der Waals surface area contributed by atoms with E-state index in [1.165, 1.54) is 38.5 Å². The standard InChI is InChI=1S/C10H19NO/c11-9-5-10(6-9)3-1-8(7-12)2-4-10/h8-9,12H,1-7,11H2. The first-order valence-electron chi connectivity index (χ1n) is 5.11. The van der Waals surface area contributed by atoms with Crippen LogP contribution in [0.4, 0.5) is 0 Å². The molecule has 0 unspecified atom stereocenters. The molecule has 70 valence electrons. The molecule has 0 bridgehead atoms. The lowest BCUT2D eigenvalue weighted by molar-refractivity contribution is 0.0241. The highest BCUT2D eigenvalue weighted by Crippen LogP contribution is 2.51. The Hall–Kier alpha value is -0.0800. The van der Waals surface area contributed by atoms with E-state index in [0.29, 0.717) is 24.0 Å². The van der Waals surface area contributed by atoms with Gasteiger partial charge in [-0.15, -0.1) is 0 Å². The van der Waals surface area contributed by atoms with Crippen LogP contribution in [-0.4, -0.2) is 17.8 Å². The van der Waals surface area contributed by atoms with E-state index >= 15 is 0 Å². The summed E-state index contributed by atoms with van der Waals surface area (Å²) in [5, 5.41) is 8.98. The van der Waals surface area contributed by atoms with Crippen molar-refractivity contribution < 1.29 is 5.11 Å². The average Bonchev–Trinajstić information content (AvgIpc) is 2.04. The predicted molar refractivity (Wildman–Crippen MR) is 48.7 cm³/mol. The molecule has 2 fully saturated rings. The van der Waals surface area contributed by atoms with Gasteiger partial charge in [0.05, 0.1) is 0 Å². The zero-order chi connectivity index (χ0) is 8.60. The van der Waals surface area contributed by atoms with Gasteiger partial charge in [-0.25, -0.2) is 0 Å². The maximum Gasteiger partial charge on any atom is 0.0459 e. The van der Waals surface area contributed by atoms with Crippen LogP contribution in [0, 0.1) is 11.3 Å². The van der Waals surface area contributed by atoms with Gasteiger partial charge in [-0.1, -0.05) is 0 Å². The molecule has 1 spiro atoms. The summed E-state index contributed by atoms with van der Waals surface area (Å²) in [5.74, 6) is 0.590. The molecule has 2 rings (SSSR count). The zero-order valence-corrected chi connectivity index (χ0v) is 7.63. The molecule has 2 aliphatic carbocycles. The summed E-state index contributed by atoms with van der Waals surface area (Å²) in [5.41, 5.74) is 6.42. The second-order valence-corrected chi connectivity index (χ2v) is 4.79. The van der Waals surface area contributed by atoms with E-state index < -0.39 is 0 Å². The summed E-state index contributed by atoms with van der Waals surface area (Å²) < 4.78 is 0. The maximum atomic E-state index is 8.98. The van der Waals surface area contributed by atoms with E-state index in [1.807, 2.05) is 0 Å². The molecular weight excluding hydrogens is 150 g/mol. The van der Waals surface area contributed by atoms with Crippen LogP contribution in [0.25, 0.3) is 0 Å². The van der Waals surface area contributed by atoms with E-state index in [-0.39, 0.29) is 0 Å². The number of aliphatic hydroxyl groups excluding tert-OH is 1. The Morgan fingerprint density at radius 1 is 1.25 bits per heavy atom. The normalized spacial score (nSPS) is 47.5. The first-order chi connectivity index (χ1) is 5.74. The second-order valence-electron chi connectivity index (χ2n) is 4.79. The average molecular weight is 169 g/mol.